The highest BCUT2D eigenvalue weighted by atomic mass is 35.5. The molecule has 104 valence electrons. The molecule has 0 unspecified atom stereocenters. The number of nitrogens with zero attached hydrogens (tertiary/aromatic N) is 1. The molecule has 0 aliphatic carbocycles. The summed E-state index contributed by atoms with van der Waals surface area (Å²) in [6, 6.07) is 6.51. The number of pyridine rings is 1. The van der Waals surface area contributed by atoms with Gasteiger partial charge in [0.05, 0.1) is 16.4 Å². The topological polar surface area (TPSA) is 65.2 Å². The van der Waals surface area contributed by atoms with E-state index in [1.165, 1.54) is 18.5 Å². The van der Waals surface area contributed by atoms with E-state index >= 15 is 0 Å². The minimum absolute atomic E-state index is 0.0529. The maximum absolute atomic E-state index is 12.1. The van der Waals surface area contributed by atoms with Gasteiger partial charge in [0.15, 0.2) is 5.43 Å². The van der Waals surface area contributed by atoms with E-state index in [1.54, 1.807) is 23.1 Å². The zero-order valence-electron chi connectivity index (χ0n) is 11.1. The molecule has 0 spiro atoms. The van der Waals surface area contributed by atoms with Crippen molar-refractivity contribution in [1.29, 1.82) is 0 Å². The van der Waals surface area contributed by atoms with Gasteiger partial charge in [-0.1, -0.05) is 17.7 Å². The molecule has 2 rings (SSSR count). The van der Waals surface area contributed by atoms with E-state index in [2.05, 4.69) is 10.3 Å². The lowest BCUT2D eigenvalue weighted by Gasteiger charge is -2.19. The Kier molecular flexibility index (Phi) is 4.10. The lowest BCUT2D eigenvalue weighted by molar-refractivity contribution is 0.102. The number of para-hydroxylation sites is 1. The predicted octanol–water partition coefficient (Wildman–Crippen LogP) is 2.35. The second-order valence-corrected chi connectivity index (χ2v) is 4.81. The predicted molar refractivity (Wildman–Crippen MR) is 80.8 cm³/mol. The highest BCUT2D eigenvalue weighted by molar-refractivity contribution is 6.34. The summed E-state index contributed by atoms with van der Waals surface area (Å²) in [5, 5.41) is 3.23. The molecular formula is C14H14ClN3O2. The number of rotatable bonds is 3. The Morgan fingerprint density at radius 2 is 2.05 bits per heavy atom. The van der Waals surface area contributed by atoms with Crippen molar-refractivity contribution < 1.29 is 4.79 Å². The summed E-state index contributed by atoms with van der Waals surface area (Å²) in [6.07, 6.45) is 2.85. The van der Waals surface area contributed by atoms with Gasteiger partial charge in [-0.15, -0.1) is 0 Å². The average Bonchev–Trinajstić information content (AvgIpc) is 2.38. The van der Waals surface area contributed by atoms with Crippen LogP contribution in [0.4, 0.5) is 11.4 Å². The van der Waals surface area contributed by atoms with Crippen LogP contribution in [0.5, 0.6) is 0 Å². The molecule has 0 fully saturated rings. The number of hydrogen-bond donors (Lipinski definition) is 2. The molecule has 20 heavy (non-hydrogen) atoms. The second kappa shape index (κ2) is 5.79. The van der Waals surface area contributed by atoms with Crippen molar-refractivity contribution in [1.82, 2.24) is 4.98 Å². The Morgan fingerprint density at radius 1 is 1.30 bits per heavy atom. The highest BCUT2D eigenvalue weighted by Crippen LogP contribution is 2.32. The van der Waals surface area contributed by atoms with Crippen LogP contribution in [-0.2, 0) is 0 Å². The first-order chi connectivity index (χ1) is 9.50. The molecule has 2 aromatic rings. The number of hydrogen-bond acceptors (Lipinski definition) is 3. The molecule has 0 aliphatic heterocycles. The van der Waals surface area contributed by atoms with Crippen LogP contribution in [-0.4, -0.2) is 25.0 Å². The maximum Gasteiger partial charge on any atom is 0.261 e. The van der Waals surface area contributed by atoms with Gasteiger partial charge < -0.3 is 15.2 Å². The molecule has 0 saturated heterocycles. The number of amides is 1. The van der Waals surface area contributed by atoms with E-state index in [9.17, 15) is 9.59 Å². The van der Waals surface area contributed by atoms with Crippen LogP contribution in [0, 0.1) is 0 Å². The van der Waals surface area contributed by atoms with Crippen LogP contribution in [0.1, 0.15) is 10.4 Å². The summed E-state index contributed by atoms with van der Waals surface area (Å²) in [6.45, 7) is 0. The Balaban J connectivity index is 2.36. The number of benzene rings is 1. The molecule has 5 nitrogen and oxygen atoms in total. The number of nitrogens with one attached hydrogen (secondary N) is 2. The molecular weight excluding hydrogens is 278 g/mol. The second-order valence-electron chi connectivity index (χ2n) is 4.41. The fourth-order valence-electron chi connectivity index (χ4n) is 1.85. The lowest BCUT2D eigenvalue weighted by atomic mass is 10.2. The van der Waals surface area contributed by atoms with Crippen molar-refractivity contribution in [3.05, 3.63) is 57.5 Å². The molecule has 1 amide bonds. The Morgan fingerprint density at radius 3 is 2.70 bits per heavy atom. The Hall–Kier alpha value is -2.27. The Labute approximate surface area is 121 Å². The van der Waals surface area contributed by atoms with E-state index in [0.717, 1.165) is 0 Å². The number of halogens is 1. The molecule has 1 aromatic carbocycles. The van der Waals surface area contributed by atoms with Gasteiger partial charge in [-0.25, -0.2) is 0 Å². The molecule has 0 bridgehead atoms. The summed E-state index contributed by atoms with van der Waals surface area (Å²) in [7, 11) is 3.65. The van der Waals surface area contributed by atoms with E-state index in [1.807, 2.05) is 14.1 Å². The van der Waals surface area contributed by atoms with E-state index in [4.69, 9.17) is 11.6 Å². The summed E-state index contributed by atoms with van der Waals surface area (Å²) >= 11 is 6.12. The van der Waals surface area contributed by atoms with Gasteiger partial charge in [0.2, 0.25) is 0 Å². The normalized spacial score (nSPS) is 10.2. The first-order valence-electron chi connectivity index (χ1n) is 5.95. The zero-order valence-corrected chi connectivity index (χ0v) is 11.9. The van der Waals surface area contributed by atoms with Crippen LogP contribution in [0.3, 0.4) is 0 Å². The fraction of sp³-hybridized carbons (Fsp3) is 0.143. The lowest BCUT2D eigenvalue weighted by Crippen LogP contribution is -2.22. The van der Waals surface area contributed by atoms with Crippen molar-refractivity contribution in [2.24, 2.45) is 0 Å². The van der Waals surface area contributed by atoms with Crippen LogP contribution >= 0.6 is 11.6 Å². The van der Waals surface area contributed by atoms with Crippen LogP contribution in [0.25, 0.3) is 0 Å². The van der Waals surface area contributed by atoms with E-state index < -0.39 is 5.91 Å². The summed E-state index contributed by atoms with van der Waals surface area (Å²) in [5.41, 5.74) is 0.956. The largest absolute Gasteiger partial charge is 0.375 e. The number of carbonyl (C=O) groups excluding carboxylic acids is 1. The van der Waals surface area contributed by atoms with Gasteiger partial charge >= 0.3 is 0 Å². The monoisotopic (exact) mass is 291 g/mol. The SMILES string of the molecule is CN(C)c1c(Cl)cccc1NC(=O)c1c[nH]ccc1=O. The standard InChI is InChI=1S/C14H14ClN3O2/c1-18(2)13-10(15)4-3-5-11(13)17-14(20)9-8-16-7-6-12(9)19/h3-8H,1-2H3,(H,16,19)(H,17,20). The third kappa shape index (κ3) is 2.83. The smallest absolute Gasteiger partial charge is 0.261 e. The number of H-pyrrole nitrogens is 1. The molecule has 1 aromatic heterocycles. The summed E-state index contributed by atoms with van der Waals surface area (Å²) in [5.74, 6) is -0.475. The van der Waals surface area contributed by atoms with Gasteiger partial charge in [0.1, 0.15) is 5.56 Å². The van der Waals surface area contributed by atoms with Gasteiger partial charge in [-0.2, -0.15) is 0 Å². The first-order valence-corrected chi connectivity index (χ1v) is 6.33. The van der Waals surface area contributed by atoms with Crippen molar-refractivity contribution in [3.8, 4) is 0 Å². The third-order valence-corrected chi connectivity index (χ3v) is 3.06. The molecule has 0 aliphatic rings. The first kappa shape index (κ1) is 14.1. The molecule has 1 heterocycles. The number of aromatic nitrogens is 1. The summed E-state index contributed by atoms with van der Waals surface area (Å²) in [4.78, 5) is 28.3. The number of carbonyl (C=O) groups is 1. The van der Waals surface area contributed by atoms with Gasteiger partial charge in [0.25, 0.3) is 5.91 Å². The number of anilines is 2. The molecule has 2 N–H and O–H groups in total. The molecule has 0 saturated carbocycles. The number of aromatic amines is 1. The van der Waals surface area contributed by atoms with Crippen molar-refractivity contribution in [3.63, 3.8) is 0 Å². The fourth-order valence-corrected chi connectivity index (χ4v) is 2.20. The van der Waals surface area contributed by atoms with Gasteiger partial charge in [-0.05, 0) is 12.1 Å². The van der Waals surface area contributed by atoms with Gasteiger partial charge in [-0.3, -0.25) is 9.59 Å². The van der Waals surface area contributed by atoms with E-state index in [0.29, 0.717) is 16.4 Å². The van der Waals surface area contributed by atoms with E-state index in [-0.39, 0.29) is 11.0 Å². The quantitative estimate of drug-likeness (QED) is 0.912. The van der Waals surface area contributed by atoms with Crippen LogP contribution in [0.2, 0.25) is 5.02 Å². The van der Waals surface area contributed by atoms with Crippen molar-refractivity contribution in [2.45, 2.75) is 0 Å². The minimum atomic E-state index is -0.475. The van der Waals surface area contributed by atoms with Gasteiger partial charge in [0, 0.05) is 32.6 Å². The minimum Gasteiger partial charge on any atom is -0.375 e. The average molecular weight is 292 g/mol. The molecule has 0 atom stereocenters. The maximum atomic E-state index is 12.1. The highest BCUT2D eigenvalue weighted by Gasteiger charge is 2.14. The zero-order chi connectivity index (χ0) is 14.7. The van der Waals surface area contributed by atoms with Crippen molar-refractivity contribution >= 4 is 28.9 Å². The van der Waals surface area contributed by atoms with Crippen LogP contribution < -0.4 is 15.6 Å². The van der Waals surface area contributed by atoms with Crippen molar-refractivity contribution in [2.75, 3.05) is 24.3 Å². The summed E-state index contributed by atoms with van der Waals surface area (Å²) < 4.78 is 0. The molecule has 0 radical (unpaired) electrons. The third-order valence-electron chi connectivity index (χ3n) is 2.75. The van der Waals surface area contributed by atoms with Crippen LogP contribution in [0.15, 0.2) is 41.5 Å². The Bertz CT molecular complexity index is 695. The molecule has 6 heteroatoms.